The Morgan fingerprint density at radius 1 is 1.07 bits per heavy atom. The molecule has 0 saturated heterocycles. The monoisotopic (exact) mass is 565 g/mol. The fraction of sp³-hybridized carbons (Fsp3) is 0.174. The largest absolute Gasteiger partial charge is 0.490 e. The summed E-state index contributed by atoms with van der Waals surface area (Å²) in [5.74, 6) is 0.904. The van der Waals surface area contributed by atoms with Crippen LogP contribution in [0.15, 0.2) is 65.1 Å². The molecule has 0 saturated carbocycles. The number of benzene rings is 3. The molecule has 0 atom stereocenters. The molecule has 29 heavy (non-hydrogen) atoms. The third-order valence-electron chi connectivity index (χ3n) is 4.20. The maximum Gasteiger partial charge on any atom is 0.255 e. The Morgan fingerprint density at radius 3 is 2.48 bits per heavy atom. The molecule has 0 bridgehead atoms. The number of ether oxygens (including phenoxy) is 2. The van der Waals surface area contributed by atoms with Crippen LogP contribution in [-0.4, -0.2) is 12.5 Å². The van der Waals surface area contributed by atoms with Gasteiger partial charge in [-0.1, -0.05) is 42.0 Å². The van der Waals surface area contributed by atoms with Crippen LogP contribution in [0.1, 0.15) is 28.4 Å². The second kappa shape index (κ2) is 10.1. The Hall–Kier alpha value is -2.06. The van der Waals surface area contributed by atoms with Crippen LogP contribution in [0.25, 0.3) is 0 Å². The van der Waals surface area contributed by atoms with Gasteiger partial charge >= 0.3 is 0 Å². The van der Waals surface area contributed by atoms with Gasteiger partial charge in [-0.2, -0.15) is 0 Å². The number of carbonyl (C=O) groups is 1. The summed E-state index contributed by atoms with van der Waals surface area (Å²) in [7, 11) is 0. The van der Waals surface area contributed by atoms with E-state index in [-0.39, 0.29) is 5.91 Å². The molecule has 0 radical (unpaired) electrons. The molecular formula is C23H21BrINO3. The number of carbonyl (C=O) groups excluding carboxylic acids is 1. The Morgan fingerprint density at radius 2 is 1.79 bits per heavy atom. The zero-order valence-corrected chi connectivity index (χ0v) is 19.9. The van der Waals surface area contributed by atoms with E-state index in [0.717, 1.165) is 14.8 Å². The number of amides is 1. The van der Waals surface area contributed by atoms with E-state index in [4.69, 9.17) is 9.47 Å². The average molecular weight is 566 g/mol. The van der Waals surface area contributed by atoms with Gasteiger partial charge in [0.15, 0.2) is 11.5 Å². The van der Waals surface area contributed by atoms with E-state index >= 15 is 0 Å². The van der Waals surface area contributed by atoms with Gasteiger partial charge in [0.1, 0.15) is 6.61 Å². The lowest BCUT2D eigenvalue weighted by atomic mass is 10.1. The van der Waals surface area contributed by atoms with Gasteiger partial charge in [-0.05, 0) is 82.2 Å². The fourth-order valence-corrected chi connectivity index (χ4v) is 3.78. The number of rotatable bonds is 7. The quantitative estimate of drug-likeness (QED) is 0.329. The second-order valence-corrected chi connectivity index (χ2v) is 8.44. The summed E-state index contributed by atoms with van der Waals surface area (Å²) in [5.41, 5.74) is 3.52. The Labute approximate surface area is 192 Å². The summed E-state index contributed by atoms with van der Waals surface area (Å²) >= 11 is 5.73. The molecule has 1 amide bonds. The number of nitrogens with one attached hydrogen (secondary N) is 1. The summed E-state index contributed by atoms with van der Waals surface area (Å²) in [6, 6.07) is 19.3. The van der Waals surface area contributed by atoms with Gasteiger partial charge in [0.05, 0.1) is 16.8 Å². The number of para-hydroxylation sites is 1. The van der Waals surface area contributed by atoms with Crippen molar-refractivity contribution in [2.45, 2.75) is 20.5 Å². The van der Waals surface area contributed by atoms with Gasteiger partial charge in [0.2, 0.25) is 0 Å². The van der Waals surface area contributed by atoms with Gasteiger partial charge in [-0.25, -0.2) is 0 Å². The lowest BCUT2D eigenvalue weighted by Crippen LogP contribution is -2.13. The Balaban J connectivity index is 1.82. The minimum absolute atomic E-state index is 0.208. The lowest BCUT2D eigenvalue weighted by Gasteiger charge is -2.16. The highest BCUT2D eigenvalue weighted by molar-refractivity contribution is 14.1. The van der Waals surface area contributed by atoms with Crippen LogP contribution in [0.3, 0.4) is 0 Å². The number of hydrogen-bond acceptors (Lipinski definition) is 3. The van der Waals surface area contributed by atoms with Crippen LogP contribution in [-0.2, 0) is 6.61 Å². The van der Waals surface area contributed by atoms with Crippen LogP contribution in [0.5, 0.6) is 11.5 Å². The molecule has 0 aliphatic heterocycles. The average Bonchev–Trinajstić information content (AvgIpc) is 2.70. The predicted molar refractivity (Wildman–Crippen MR) is 128 cm³/mol. The second-order valence-electron chi connectivity index (χ2n) is 6.43. The van der Waals surface area contributed by atoms with E-state index in [1.165, 1.54) is 5.56 Å². The molecule has 0 spiro atoms. The molecule has 3 aromatic carbocycles. The molecule has 3 rings (SSSR count). The van der Waals surface area contributed by atoms with Crippen molar-refractivity contribution >= 4 is 50.1 Å². The summed E-state index contributed by atoms with van der Waals surface area (Å²) in [6.07, 6.45) is 0. The first-order chi connectivity index (χ1) is 14.0. The summed E-state index contributed by atoms with van der Waals surface area (Å²) in [6.45, 7) is 4.83. The highest BCUT2D eigenvalue weighted by Gasteiger charge is 2.17. The van der Waals surface area contributed by atoms with Crippen molar-refractivity contribution in [3.05, 3.63) is 85.4 Å². The smallest absolute Gasteiger partial charge is 0.255 e. The topological polar surface area (TPSA) is 47.6 Å². The van der Waals surface area contributed by atoms with Gasteiger partial charge in [0, 0.05) is 9.13 Å². The van der Waals surface area contributed by atoms with Gasteiger partial charge in [0.25, 0.3) is 5.91 Å². The van der Waals surface area contributed by atoms with Crippen LogP contribution in [0.2, 0.25) is 0 Å². The number of aryl methyl sites for hydroxylation is 1. The van der Waals surface area contributed by atoms with Crippen molar-refractivity contribution in [2.24, 2.45) is 0 Å². The Kier molecular flexibility index (Phi) is 7.55. The standard InChI is InChI=1S/C23H21BrINO3/c1-3-28-21-13-17(23(27)26-20-7-5-4-6-19(20)25)12-18(24)22(21)29-14-16-10-8-15(2)9-11-16/h4-13H,3,14H2,1-2H3,(H,26,27). The predicted octanol–water partition coefficient (Wildman–Crippen LogP) is 6.59. The minimum Gasteiger partial charge on any atom is -0.490 e. The molecule has 4 nitrogen and oxygen atoms in total. The number of halogens is 2. The molecular weight excluding hydrogens is 545 g/mol. The van der Waals surface area contributed by atoms with Crippen molar-refractivity contribution < 1.29 is 14.3 Å². The first kappa shape index (κ1) is 21.6. The van der Waals surface area contributed by atoms with E-state index in [1.807, 2.05) is 43.3 Å². The van der Waals surface area contributed by atoms with Crippen LogP contribution in [0.4, 0.5) is 5.69 Å². The molecule has 0 aliphatic rings. The molecule has 3 aromatic rings. The van der Waals surface area contributed by atoms with Crippen molar-refractivity contribution in [3.63, 3.8) is 0 Å². The third-order valence-corrected chi connectivity index (χ3v) is 5.73. The number of anilines is 1. The molecule has 1 N–H and O–H groups in total. The zero-order chi connectivity index (χ0) is 20.8. The van der Waals surface area contributed by atoms with E-state index < -0.39 is 0 Å². The van der Waals surface area contributed by atoms with Crippen molar-refractivity contribution in [1.82, 2.24) is 0 Å². The van der Waals surface area contributed by atoms with Crippen LogP contribution in [0, 0.1) is 10.5 Å². The summed E-state index contributed by atoms with van der Waals surface area (Å²) in [5, 5.41) is 2.94. The molecule has 150 valence electrons. The molecule has 0 aliphatic carbocycles. The van der Waals surface area contributed by atoms with Gasteiger partial charge in [-0.15, -0.1) is 0 Å². The number of hydrogen-bond donors (Lipinski definition) is 1. The zero-order valence-electron chi connectivity index (χ0n) is 16.2. The molecule has 0 unspecified atom stereocenters. The normalized spacial score (nSPS) is 10.5. The first-order valence-electron chi connectivity index (χ1n) is 9.18. The molecule has 0 aromatic heterocycles. The van der Waals surface area contributed by atoms with Crippen molar-refractivity contribution in [2.75, 3.05) is 11.9 Å². The summed E-state index contributed by atoms with van der Waals surface area (Å²) < 4.78 is 13.4. The maximum absolute atomic E-state index is 12.8. The Bertz CT molecular complexity index is 1010. The lowest BCUT2D eigenvalue weighted by molar-refractivity contribution is 0.102. The van der Waals surface area contributed by atoms with Crippen LogP contribution < -0.4 is 14.8 Å². The van der Waals surface area contributed by atoms with Gasteiger partial charge < -0.3 is 14.8 Å². The van der Waals surface area contributed by atoms with E-state index in [9.17, 15) is 4.79 Å². The summed E-state index contributed by atoms with van der Waals surface area (Å²) in [4.78, 5) is 12.8. The van der Waals surface area contributed by atoms with Gasteiger partial charge in [-0.3, -0.25) is 4.79 Å². The molecule has 0 heterocycles. The van der Waals surface area contributed by atoms with Crippen molar-refractivity contribution in [3.8, 4) is 11.5 Å². The highest BCUT2D eigenvalue weighted by atomic mass is 127. The van der Waals surface area contributed by atoms with E-state index in [1.54, 1.807) is 12.1 Å². The van der Waals surface area contributed by atoms with Crippen molar-refractivity contribution in [1.29, 1.82) is 0 Å². The minimum atomic E-state index is -0.208. The fourth-order valence-electron chi connectivity index (χ4n) is 2.70. The highest BCUT2D eigenvalue weighted by Crippen LogP contribution is 2.37. The third kappa shape index (κ3) is 5.73. The molecule has 0 fully saturated rings. The van der Waals surface area contributed by atoms with E-state index in [0.29, 0.717) is 34.7 Å². The first-order valence-corrected chi connectivity index (χ1v) is 11.1. The van der Waals surface area contributed by atoms with E-state index in [2.05, 4.69) is 62.9 Å². The molecule has 6 heteroatoms. The maximum atomic E-state index is 12.8. The SMILES string of the molecule is CCOc1cc(C(=O)Nc2ccccc2I)cc(Br)c1OCc1ccc(C)cc1. The van der Waals surface area contributed by atoms with Crippen LogP contribution >= 0.6 is 38.5 Å².